The van der Waals surface area contributed by atoms with E-state index in [4.69, 9.17) is 4.74 Å². The normalized spacial score (nSPS) is 10.7. The largest absolute Gasteiger partial charge is 0.489 e. The minimum atomic E-state index is -0.481. The molecule has 3 rings (SSSR count). The Morgan fingerprint density at radius 3 is 2.50 bits per heavy atom. The van der Waals surface area contributed by atoms with E-state index < -0.39 is 5.91 Å². The van der Waals surface area contributed by atoms with E-state index in [1.807, 2.05) is 80.6 Å². The maximum Gasteiger partial charge on any atom is 0.249 e. The van der Waals surface area contributed by atoms with E-state index in [2.05, 4.69) is 21.9 Å². The average molecular weight is 430 g/mol. The van der Waals surface area contributed by atoms with Gasteiger partial charge in [0.2, 0.25) is 11.8 Å². The topological polar surface area (TPSA) is 79.8 Å². The van der Waals surface area contributed by atoms with E-state index in [1.54, 1.807) is 0 Å². The molecule has 0 aliphatic rings. The lowest BCUT2D eigenvalue weighted by Crippen LogP contribution is -2.25. The number of anilines is 1. The number of hydrogen-bond donors (Lipinski definition) is 2. The Morgan fingerprint density at radius 2 is 1.75 bits per heavy atom. The number of nitrogens with zero attached hydrogens (tertiary/aromatic N) is 1. The molecule has 0 saturated carbocycles. The number of ether oxygens (including phenoxy) is 1. The fraction of sp³-hybridized carbons (Fsp3) is 0.192. The summed E-state index contributed by atoms with van der Waals surface area (Å²) in [6.45, 7) is 4.56. The summed E-state index contributed by atoms with van der Waals surface area (Å²) >= 11 is 0. The van der Waals surface area contributed by atoms with Crippen molar-refractivity contribution >= 4 is 23.7 Å². The summed E-state index contributed by atoms with van der Waals surface area (Å²) < 4.78 is 5.80. The lowest BCUT2D eigenvalue weighted by Gasteiger charge is -2.09. The summed E-state index contributed by atoms with van der Waals surface area (Å²) in [4.78, 5) is 24.1. The van der Waals surface area contributed by atoms with E-state index in [1.165, 1.54) is 11.8 Å². The molecular formula is C26H27N3O3. The molecule has 2 N–H and O–H groups in total. The van der Waals surface area contributed by atoms with Gasteiger partial charge in [0.15, 0.2) is 0 Å². The molecule has 2 amide bonds. The standard InChI is InChI=1S/C26H27N3O3/c1-3-22-9-4-5-10-24(22)28-25(30)16-26(31)29-27-17-20-11-13-23(14-12-20)32-18-21-8-6-7-19(2)15-21/h4-15,17H,3,16,18H2,1-2H3,(H,28,30)(H,29,31). The molecule has 0 aromatic heterocycles. The summed E-state index contributed by atoms with van der Waals surface area (Å²) in [7, 11) is 0. The molecule has 0 saturated heterocycles. The van der Waals surface area contributed by atoms with Crippen LogP contribution in [0.5, 0.6) is 5.75 Å². The molecule has 6 heteroatoms. The van der Waals surface area contributed by atoms with E-state index in [0.717, 1.165) is 34.5 Å². The van der Waals surface area contributed by atoms with Crippen LogP contribution in [0.15, 0.2) is 77.9 Å². The van der Waals surface area contributed by atoms with Gasteiger partial charge in [-0.1, -0.05) is 55.0 Å². The highest BCUT2D eigenvalue weighted by Crippen LogP contribution is 2.16. The predicted octanol–water partition coefficient (Wildman–Crippen LogP) is 4.62. The number of benzene rings is 3. The van der Waals surface area contributed by atoms with Crippen LogP contribution in [0.4, 0.5) is 5.69 Å². The van der Waals surface area contributed by atoms with Crippen molar-refractivity contribution in [1.29, 1.82) is 0 Å². The van der Waals surface area contributed by atoms with Gasteiger partial charge >= 0.3 is 0 Å². The van der Waals surface area contributed by atoms with Crippen LogP contribution in [0, 0.1) is 6.92 Å². The summed E-state index contributed by atoms with van der Waals surface area (Å²) in [6.07, 6.45) is 2.01. The monoisotopic (exact) mass is 429 g/mol. The van der Waals surface area contributed by atoms with Crippen LogP contribution >= 0.6 is 0 Å². The van der Waals surface area contributed by atoms with E-state index in [-0.39, 0.29) is 12.3 Å². The van der Waals surface area contributed by atoms with E-state index >= 15 is 0 Å². The van der Waals surface area contributed by atoms with Crippen LogP contribution < -0.4 is 15.5 Å². The van der Waals surface area contributed by atoms with Gasteiger partial charge in [0.05, 0.1) is 6.21 Å². The molecule has 3 aromatic carbocycles. The third-order valence-corrected chi connectivity index (χ3v) is 4.76. The molecule has 0 radical (unpaired) electrons. The van der Waals surface area contributed by atoms with Crippen LogP contribution in [0.1, 0.15) is 35.6 Å². The third kappa shape index (κ3) is 7.09. The van der Waals surface area contributed by atoms with E-state index in [9.17, 15) is 9.59 Å². The molecule has 3 aromatic rings. The molecule has 0 atom stereocenters. The van der Waals surface area contributed by atoms with Crippen molar-refractivity contribution in [2.24, 2.45) is 5.10 Å². The van der Waals surface area contributed by atoms with Crippen molar-refractivity contribution in [2.75, 3.05) is 5.32 Å². The minimum Gasteiger partial charge on any atom is -0.489 e. The fourth-order valence-electron chi connectivity index (χ4n) is 3.13. The van der Waals surface area contributed by atoms with Crippen molar-refractivity contribution in [3.05, 3.63) is 95.1 Å². The summed E-state index contributed by atoms with van der Waals surface area (Å²) in [5, 5.41) is 6.69. The predicted molar refractivity (Wildman–Crippen MR) is 127 cm³/mol. The smallest absolute Gasteiger partial charge is 0.249 e. The van der Waals surface area contributed by atoms with Crippen molar-refractivity contribution in [2.45, 2.75) is 33.3 Å². The first-order chi connectivity index (χ1) is 15.5. The quantitative estimate of drug-likeness (QED) is 0.296. The summed E-state index contributed by atoms with van der Waals surface area (Å²) in [6, 6.07) is 23.1. The van der Waals surface area contributed by atoms with E-state index in [0.29, 0.717) is 6.61 Å². The van der Waals surface area contributed by atoms with Crippen LogP contribution in [0.2, 0.25) is 0 Å². The van der Waals surface area contributed by atoms with Gasteiger partial charge in [0, 0.05) is 5.69 Å². The fourth-order valence-corrected chi connectivity index (χ4v) is 3.13. The molecule has 0 heterocycles. The second-order valence-corrected chi connectivity index (χ2v) is 7.38. The van der Waals surface area contributed by atoms with Crippen molar-refractivity contribution in [3.8, 4) is 5.75 Å². The van der Waals surface area contributed by atoms with Crippen LogP contribution in [0.25, 0.3) is 0 Å². The van der Waals surface area contributed by atoms with Gasteiger partial charge < -0.3 is 10.1 Å². The minimum absolute atomic E-state index is 0.304. The molecule has 0 aliphatic heterocycles. The molecule has 6 nitrogen and oxygen atoms in total. The molecule has 32 heavy (non-hydrogen) atoms. The van der Waals surface area contributed by atoms with Gasteiger partial charge in [0.25, 0.3) is 0 Å². The SMILES string of the molecule is CCc1ccccc1NC(=O)CC(=O)NN=Cc1ccc(OCc2cccc(C)c2)cc1. The van der Waals surface area contributed by atoms with Gasteiger partial charge in [-0.2, -0.15) is 5.10 Å². The number of aryl methyl sites for hydroxylation is 2. The van der Waals surface area contributed by atoms with Gasteiger partial charge in [-0.3, -0.25) is 9.59 Å². The van der Waals surface area contributed by atoms with Crippen molar-refractivity contribution in [3.63, 3.8) is 0 Å². The zero-order chi connectivity index (χ0) is 22.8. The maximum atomic E-state index is 12.1. The lowest BCUT2D eigenvalue weighted by atomic mass is 10.1. The van der Waals surface area contributed by atoms with Gasteiger partial charge in [-0.15, -0.1) is 0 Å². The van der Waals surface area contributed by atoms with Crippen LogP contribution in [-0.2, 0) is 22.6 Å². The second kappa shape index (κ2) is 11.5. The molecular weight excluding hydrogens is 402 g/mol. The molecule has 0 bridgehead atoms. The van der Waals surface area contributed by atoms with Gasteiger partial charge in [-0.05, 0) is 60.4 Å². The number of para-hydroxylation sites is 1. The van der Waals surface area contributed by atoms with Crippen LogP contribution in [0.3, 0.4) is 0 Å². The Labute approximate surface area is 188 Å². The maximum absolute atomic E-state index is 12.1. The molecule has 0 spiro atoms. The first kappa shape index (κ1) is 22.7. The van der Waals surface area contributed by atoms with Gasteiger partial charge in [-0.25, -0.2) is 5.43 Å². The Hall–Kier alpha value is -3.93. The highest BCUT2D eigenvalue weighted by molar-refractivity contribution is 6.04. The molecule has 0 fully saturated rings. The lowest BCUT2D eigenvalue weighted by molar-refractivity contribution is -0.126. The number of carbonyl (C=O) groups excluding carboxylic acids is 2. The third-order valence-electron chi connectivity index (χ3n) is 4.76. The van der Waals surface area contributed by atoms with Crippen LogP contribution in [-0.4, -0.2) is 18.0 Å². The first-order valence-corrected chi connectivity index (χ1v) is 10.5. The van der Waals surface area contributed by atoms with Crippen molar-refractivity contribution < 1.29 is 14.3 Å². The number of carbonyl (C=O) groups is 2. The summed E-state index contributed by atoms with van der Waals surface area (Å²) in [5.74, 6) is -0.115. The Morgan fingerprint density at radius 1 is 0.969 bits per heavy atom. The zero-order valence-electron chi connectivity index (χ0n) is 18.3. The Bertz CT molecular complexity index is 1090. The Kier molecular flexibility index (Phi) is 8.15. The van der Waals surface area contributed by atoms with Gasteiger partial charge in [0.1, 0.15) is 18.8 Å². The zero-order valence-corrected chi connectivity index (χ0v) is 18.3. The highest BCUT2D eigenvalue weighted by Gasteiger charge is 2.10. The molecule has 0 unspecified atom stereocenters. The number of hydrogen-bond acceptors (Lipinski definition) is 4. The number of nitrogens with one attached hydrogen (secondary N) is 2. The average Bonchev–Trinajstić information content (AvgIpc) is 2.79. The summed E-state index contributed by atoms with van der Waals surface area (Å²) in [5.41, 5.74) is 7.23. The first-order valence-electron chi connectivity index (χ1n) is 10.5. The Balaban J connectivity index is 1.43. The number of rotatable bonds is 9. The second-order valence-electron chi connectivity index (χ2n) is 7.38. The molecule has 164 valence electrons. The highest BCUT2D eigenvalue weighted by atomic mass is 16.5. The molecule has 0 aliphatic carbocycles. The number of hydrazone groups is 1. The number of amides is 2. The van der Waals surface area contributed by atoms with Crippen molar-refractivity contribution in [1.82, 2.24) is 5.43 Å².